The fourth-order valence-electron chi connectivity index (χ4n) is 1.38. The van der Waals surface area contributed by atoms with E-state index in [2.05, 4.69) is 0 Å². The molecule has 0 spiro atoms. The van der Waals surface area contributed by atoms with Crippen LogP contribution >= 0.6 is 0 Å². The Kier molecular flexibility index (Phi) is 14.3. The molecule has 7 nitrogen and oxygen atoms in total. The number of hydrogen-bond acceptors (Lipinski definition) is 6. The van der Waals surface area contributed by atoms with Crippen LogP contribution in [-0.4, -0.2) is 77.8 Å². The summed E-state index contributed by atoms with van der Waals surface area (Å²) in [4.78, 5) is 13.1. The van der Waals surface area contributed by atoms with Crippen LogP contribution in [0.25, 0.3) is 0 Å². The van der Waals surface area contributed by atoms with Gasteiger partial charge in [0.1, 0.15) is 0 Å². The van der Waals surface area contributed by atoms with Crippen LogP contribution in [0.4, 0.5) is 0 Å². The highest BCUT2D eigenvalue weighted by Crippen LogP contribution is 1.93. The number of amides is 1. The molecule has 21 heavy (non-hydrogen) atoms. The fraction of sp³-hybridized carbons (Fsp3) is 0.857. The molecule has 0 aliphatic rings. The van der Waals surface area contributed by atoms with Crippen LogP contribution < -0.4 is 0 Å². The van der Waals surface area contributed by atoms with E-state index in [1.165, 1.54) is 0 Å². The first-order valence-corrected chi connectivity index (χ1v) is 7.05. The van der Waals surface area contributed by atoms with Crippen LogP contribution in [0.1, 0.15) is 12.8 Å². The Morgan fingerprint density at radius 1 is 1.00 bits per heavy atom. The third-order valence-corrected chi connectivity index (χ3v) is 2.62. The van der Waals surface area contributed by atoms with Crippen molar-refractivity contribution in [3.8, 4) is 6.07 Å². The van der Waals surface area contributed by atoms with Crippen molar-refractivity contribution in [2.45, 2.75) is 12.8 Å². The normalized spacial score (nSPS) is 10.3. The van der Waals surface area contributed by atoms with E-state index in [4.69, 9.17) is 24.2 Å². The molecular weight excluding hydrogens is 276 g/mol. The Morgan fingerprint density at radius 3 is 2.05 bits per heavy atom. The van der Waals surface area contributed by atoms with Crippen LogP contribution in [0.2, 0.25) is 0 Å². The van der Waals surface area contributed by atoms with E-state index in [-0.39, 0.29) is 5.91 Å². The van der Waals surface area contributed by atoms with Crippen molar-refractivity contribution in [3.05, 3.63) is 0 Å². The average molecular weight is 302 g/mol. The smallest absolute Gasteiger partial charge is 0.224 e. The second kappa shape index (κ2) is 15.2. The van der Waals surface area contributed by atoms with Gasteiger partial charge < -0.3 is 23.8 Å². The Hall–Kier alpha value is -1.20. The zero-order valence-corrected chi connectivity index (χ0v) is 13.0. The Bertz CT molecular complexity index is 294. The minimum atomic E-state index is -0.0160. The molecule has 7 heteroatoms. The van der Waals surface area contributed by atoms with Gasteiger partial charge in [-0.3, -0.25) is 4.79 Å². The van der Waals surface area contributed by atoms with Gasteiger partial charge in [0.2, 0.25) is 5.91 Å². The maximum atomic E-state index is 11.6. The molecule has 0 aromatic heterocycles. The summed E-state index contributed by atoms with van der Waals surface area (Å²) in [7, 11) is 3.32. The molecule has 0 saturated carbocycles. The van der Waals surface area contributed by atoms with Gasteiger partial charge in [-0.05, 0) is 0 Å². The van der Waals surface area contributed by atoms with Gasteiger partial charge in [0, 0.05) is 20.7 Å². The molecule has 0 rings (SSSR count). The maximum absolute atomic E-state index is 11.6. The predicted octanol–water partition coefficient (Wildman–Crippen LogP) is 0.445. The van der Waals surface area contributed by atoms with E-state index < -0.39 is 0 Å². The van der Waals surface area contributed by atoms with Crippen molar-refractivity contribution in [2.24, 2.45) is 0 Å². The molecule has 0 aliphatic carbocycles. The lowest BCUT2D eigenvalue weighted by molar-refractivity contribution is -0.131. The molecule has 0 radical (unpaired) electrons. The molecular formula is C14H26N2O5. The summed E-state index contributed by atoms with van der Waals surface area (Å²) in [5.41, 5.74) is 0. The molecule has 0 heterocycles. The van der Waals surface area contributed by atoms with Crippen molar-refractivity contribution in [1.82, 2.24) is 4.90 Å². The van der Waals surface area contributed by atoms with Crippen molar-refractivity contribution in [2.75, 3.05) is 67.0 Å². The lowest BCUT2D eigenvalue weighted by Crippen LogP contribution is -2.28. The number of hydrogen-bond donors (Lipinski definition) is 0. The van der Waals surface area contributed by atoms with Gasteiger partial charge in [-0.2, -0.15) is 5.26 Å². The van der Waals surface area contributed by atoms with E-state index >= 15 is 0 Å². The summed E-state index contributed by atoms with van der Waals surface area (Å²) in [6.07, 6.45) is 0.672. The minimum absolute atomic E-state index is 0.0160. The number of carbonyl (C=O) groups excluding carboxylic acids is 1. The molecule has 0 N–H and O–H groups in total. The molecule has 0 unspecified atom stereocenters. The van der Waals surface area contributed by atoms with Crippen LogP contribution in [0.3, 0.4) is 0 Å². The molecule has 0 atom stereocenters. The molecule has 0 fully saturated rings. The fourth-order valence-corrected chi connectivity index (χ4v) is 1.38. The molecule has 0 aromatic rings. The maximum Gasteiger partial charge on any atom is 0.224 e. The highest BCUT2D eigenvalue weighted by atomic mass is 16.6. The summed E-state index contributed by atoms with van der Waals surface area (Å²) in [6, 6.07) is 2.01. The summed E-state index contributed by atoms with van der Waals surface area (Å²) in [5.74, 6) is -0.0160. The zero-order valence-electron chi connectivity index (χ0n) is 13.0. The molecule has 122 valence electrons. The van der Waals surface area contributed by atoms with Crippen LogP contribution in [0.5, 0.6) is 0 Å². The first-order valence-electron chi connectivity index (χ1n) is 7.05. The minimum Gasteiger partial charge on any atom is -0.382 e. The van der Waals surface area contributed by atoms with Crippen molar-refractivity contribution in [1.29, 1.82) is 5.26 Å². The number of carbonyl (C=O) groups is 1. The van der Waals surface area contributed by atoms with Gasteiger partial charge in [-0.15, -0.1) is 0 Å². The van der Waals surface area contributed by atoms with Gasteiger partial charge >= 0.3 is 0 Å². The Morgan fingerprint density at radius 2 is 1.52 bits per heavy atom. The van der Waals surface area contributed by atoms with Crippen molar-refractivity contribution < 1.29 is 23.7 Å². The molecule has 1 amide bonds. The lowest BCUT2D eigenvalue weighted by Gasteiger charge is -2.15. The molecule has 0 aromatic carbocycles. The predicted molar refractivity (Wildman–Crippen MR) is 76.8 cm³/mol. The monoisotopic (exact) mass is 302 g/mol. The van der Waals surface area contributed by atoms with Crippen LogP contribution in [-0.2, 0) is 23.7 Å². The van der Waals surface area contributed by atoms with E-state index in [1.807, 2.05) is 6.07 Å². The number of ether oxygens (including phenoxy) is 4. The van der Waals surface area contributed by atoms with Gasteiger partial charge in [-0.1, -0.05) is 0 Å². The third-order valence-electron chi connectivity index (χ3n) is 2.62. The van der Waals surface area contributed by atoms with Crippen LogP contribution in [0, 0.1) is 11.3 Å². The van der Waals surface area contributed by atoms with E-state index in [0.717, 1.165) is 0 Å². The zero-order chi connectivity index (χ0) is 15.8. The third kappa shape index (κ3) is 13.5. The SMILES string of the molecule is COCCOCCOCCOCCC(=O)N(C)CCC#N. The van der Waals surface area contributed by atoms with E-state index in [0.29, 0.717) is 65.6 Å². The van der Waals surface area contributed by atoms with Gasteiger partial charge in [0.05, 0.1) is 65.2 Å². The standard InChI is InChI=1S/C14H26N2O5/c1-16(6-3-5-15)14(17)4-7-19-10-11-21-13-12-20-9-8-18-2/h3-4,6-13H2,1-2H3. The molecule has 0 saturated heterocycles. The molecule has 0 bridgehead atoms. The lowest BCUT2D eigenvalue weighted by atomic mass is 10.3. The highest BCUT2D eigenvalue weighted by Gasteiger charge is 2.07. The molecule has 0 aliphatic heterocycles. The highest BCUT2D eigenvalue weighted by molar-refractivity contribution is 5.75. The summed E-state index contributed by atoms with van der Waals surface area (Å²) in [6.45, 7) is 3.95. The van der Waals surface area contributed by atoms with Gasteiger partial charge in [-0.25, -0.2) is 0 Å². The first kappa shape index (κ1) is 19.8. The van der Waals surface area contributed by atoms with Crippen molar-refractivity contribution in [3.63, 3.8) is 0 Å². The second-order valence-electron chi connectivity index (χ2n) is 4.30. The number of methoxy groups -OCH3 is 1. The van der Waals surface area contributed by atoms with Crippen molar-refractivity contribution >= 4 is 5.91 Å². The number of rotatable bonds is 14. The summed E-state index contributed by atoms with van der Waals surface area (Å²) >= 11 is 0. The van der Waals surface area contributed by atoms with Gasteiger partial charge in [0.15, 0.2) is 0 Å². The Balaban J connectivity index is 3.25. The quantitative estimate of drug-likeness (QED) is 0.433. The van der Waals surface area contributed by atoms with E-state index in [1.54, 1.807) is 19.1 Å². The van der Waals surface area contributed by atoms with E-state index in [9.17, 15) is 4.79 Å². The van der Waals surface area contributed by atoms with Crippen LogP contribution in [0.15, 0.2) is 0 Å². The number of nitriles is 1. The topological polar surface area (TPSA) is 81.0 Å². The largest absolute Gasteiger partial charge is 0.382 e. The summed E-state index contributed by atoms with van der Waals surface area (Å²) in [5, 5.41) is 8.43. The number of nitrogens with zero attached hydrogens (tertiary/aromatic N) is 2. The average Bonchev–Trinajstić information content (AvgIpc) is 2.49. The summed E-state index contributed by atoms with van der Waals surface area (Å²) < 4.78 is 20.7. The van der Waals surface area contributed by atoms with Gasteiger partial charge in [0.25, 0.3) is 0 Å². The first-order chi connectivity index (χ1) is 10.2. The Labute approximate surface area is 126 Å². The second-order valence-corrected chi connectivity index (χ2v) is 4.30.